The smallest absolute Gasteiger partial charge is 0.0416 e. The summed E-state index contributed by atoms with van der Waals surface area (Å²) in [6, 6.07) is 52.0. The molecule has 0 saturated carbocycles. The van der Waals surface area contributed by atoms with Gasteiger partial charge in [-0.1, -0.05) is 123 Å². The molecule has 0 amide bonds. The monoisotopic (exact) mass is 544 g/mol. The number of hydrogen-bond acceptors (Lipinski definition) is 2. The molecule has 6 aromatic rings. The van der Waals surface area contributed by atoms with Gasteiger partial charge in [-0.15, -0.1) is 0 Å². The van der Waals surface area contributed by atoms with Crippen molar-refractivity contribution in [3.8, 4) is 33.4 Å². The van der Waals surface area contributed by atoms with Crippen LogP contribution in [0.25, 0.3) is 33.4 Å². The Kier molecular flexibility index (Phi) is 8.14. The summed E-state index contributed by atoms with van der Waals surface area (Å²) in [7, 11) is 0. The molecule has 6 rings (SSSR count). The van der Waals surface area contributed by atoms with Crippen LogP contribution in [0.5, 0.6) is 0 Å². The van der Waals surface area contributed by atoms with Crippen LogP contribution in [0.1, 0.15) is 25.0 Å². The van der Waals surface area contributed by atoms with Crippen LogP contribution in [-0.2, 0) is 12.8 Å². The molecule has 206 valence electrons. The molecule has 0 radical (unpaired) electrons. The highest BCUT2D eigenvalue weighted by atomic mass is 14.9. The lowest BCUT2D eigenvalue weighted by atomic mass is 9.88. The predicted molar refractivity (Wildman–Crippen MR) is 181 cm³/mol. The van der Waals surface area contributed by atoms with Gasteiger partial charge in [0.2, 0.25) is 0 Å². The lowest BCUT2D eigenvalue weighted by molar-refractivity contribution is 1.14. The predicted octanol–water partition coefficient (Wildman–Crippen LogP) is 11.3. The number of para-hydroxylation sites is 2. The largest absolute Gasteiger partial charge is 0.355 e. The highest BCUT2D eigenvalue weighted by Crippen LogP contribution is 2.41. The molecule has 2 N–H and O–H groups in total. The molecule has 0 aromatic heterocycles. The first kappa shape index (κ1) is 27.1. The summed E-state index contributed by atoms with van der Waals surface area (Å²) in [5, 5.41) is 7.39. The van der Waals surface area contributed by atoms with Gasteiger partial charge in [0.1, 0.15) is 0 Å². The molecule has 42 heavy (non-hydrogen) atoms. The van der Waals surface area contributed by atoms with Crippen LogP contribution in [0.2, 0.25) is 0 Å². The molecular weight excluding hydrogens is 508 g/mol. The van der Waals surface area contributed by atoms with Gasteiger partial charge in [0.25, 0.3) is 0 Å². The lowest BCUT2D eigenvalue weighted by Crippen LogP contribution is -1.98. The van der Waals surface area contributed by atoms with Gasteiger partial charge in [0.05, 0.1) is 0 Å². The van der Waals surface area contributed by atoms with Crippen LogP contribution in [0.4, 0.5) is 22.7 Å². The molecular formula is C40H36N2. The minimum atomic E-state index is 0.982. The van der Waals surface area contributed by atoms with E-state index < -0.39 is 0 Å². The first-order valence-corrected chi connectivity index (χ1v) is 14.8. The Hall–Kier alpha value is -5.08. The molecule has 0 spiro atoms. The van der Waals surface area contributed by atoms with Gasteiger partial charge in [0, 0.05) is 22.7 Å². The van der Waals surface area contributed by atoms with Crippen molar-refractivity contribution >= 4 is 22.7 Å². The first-order valence-electron chi connectivity index (χ1n) is 14.8. The first-order chi connectivity index (χ1) is 20.7. The second kappa shape index (κ2) is 12.6. The van der Waals surface area contributed by atoms with Crippen molar-refractivity contribution in [3.05, 3.63) is 157 Å². The van der Waals surface area contributed by atoms with Crippen molar-refractivity contribution in [2.45, 2.75) is 26.7 Å². The third-order valence-electron chi connectivity index (χ3n) is 7.85. The van der Waals surface area contributed by atoms with Gasteiger partial charge in [-0.3, -0.25) is 0 Å². The van der Waals surface area contributed by atoms with Crippen LogP contribution < -0.4 is 10.6 Å². The minimum absolute atomic E-state index is 0.982. The summed E-state index contributed by atoms with van der Waals surface area (Å²) >= 11 is 0. The number of nitrogens with one attached hydrogen (secondary N) is 2. The van der Waals surface area contributed by atoms with Crippen molar-refractivity contribution in [1.29, 1.82) is 0 Å². The van der Waals surface area contributed by atoms with Gasteiger partial charge >= 0.3 is 0 Å². The number of anilines is 4. The lowest BCUT2D eigenvalue weighted by Gasteiger charge is -2.19. The Morgan fingerprint density at radius 1 is 0.381 bits per heavy atom. The topological polar surface area (TPSA) is 24.1 Å². The fourth-order valence-electron chi connectivity index (χ4n) is 5.64. The average Bonchev–Trinajstić information content (AvgIpc) is 3.06. The second-order valence-electron chi connectivity index (χ2n) is 10.5. The summed E-state index contributed by atoms with van der Waals surface area (Å²) in [5.41, 5.74) is 14.3. The van der Waals surface area contributed by atoms with E-state index >= 15 is 0 Å². The van der Waals surface area contributed by atoms with Crippen molar-refractivity contribution in [2.75, 3.05) is 10.6 Å². The van der Waals surface area contributed by atoms with E-state index in [-0.39, 0.29) is 0 Å². The molecule has 0 aliphatic rings. The number of aryl methyl sites for hydroxylation is 2. The number of rotatable bonds is 9. The van der Waals surface area contributed by atoms with E-state index in [0.717, 1.165) is 35.6 Å². The highest BCUT2D eigenvalue weighted by molar-refractivity contribution is 5.94. The van der Waals surface area contributed by atoms with Crippen LogP contribution in [-0.4, -0.2) is 0 Å². The third kappa shape index (κ3) is 5.84. The van der Waals surface area contributed by atoms with Gasteiger partial charge in [-0.25, -0.2) is 0 Å². The zero-order valence-electron chi connectivity index (χ0n) is 24.3. The van der Waals surface area contributed by atoms with E-state index in [2.05, 4.69) is 170 Å². The number of hydrogen-bond donors (Lipinski definition) is 2. The average molecular weight is 545 g/mol. The molecule has 0 heterocycles. The Morgan fingerprint density at radius 3 is 1.17 bits per heavy atom. The second-order valence-corrected chi connectivity index (χ2v) is 10.5. The quantitative estimate of drug-likeness (QED) is 0.189. The van der Waals surface area contributed by atoms with Crippen LogP contribution in [0.15, 0.2) is 146 Å². The Bertz CT molecular complexity index is 1650. The van der Waals surface area contributed by atoms with E-state index in [1.54, 1.807) is 0 Å². The molecule has 0 fully saturated rings. The molecule has 0 saturated heterocycles. The summed E-state index contributed by atoms with van der Waals surface area (Å²) in [6.45, 7) is 4.40. The highest BCUT2D eigenvalue weighted by Gasteiger charge is 2.15. The fourth-order valence-corrected chi connectivity index (χ4v) is 5.64. The van der Waals surface area contributed by atoms with Crippen LogP contribution in [0.3, 0.4) is 0 Å². The summed E-state index contributed by atoms with van der Waals surface area (Å²) in [5.74, 6) is 0. The molecule has 0 bridgehead atoms. The van der Waals surface area contributed by atoms with E-state index in [0.29, 0.717) is 0 Å². The van der Waals surface area contributed by atoms with E-state index in [1.807, 2.05) is 0 Å². The Labute approximate surface area is 249 Å². The molecule has 2 nitrogen and oxygen atoms in total. The van der Waals surface area contributed by atoms with Crippen molar-refractivity contribution < 1.29 is 0 Å². The maximum Gasteiger partial charge on any atom is 0.0416 e. The zero-order chi connectivity index (χ0) is 28.7. The van der Waals surface area contributed by atoms with Gasteiger partial charge < -0.3 is 10.6 Å². The van der Waals surface area contributed by atoms with Gasteiger partial charge in [-0.05, 0) is 93.7 Å². The Morgan fingerprint density at radius 2 is 0.762 bits per heavy atom. The van der Waals surface area contributed by atoms with Crippen molar-refractivity contribution in [1.82, 2.24) is 0 Å². The van der Waals surface area contributed by atoms with E-state index in [9.17, 15) is 0 Å². The van der Waals surface area contributed by atoms with E-state index in [1.165, 1.54) is 44.5 Å². The molecule has 0 aliphatic carbocycles. The number of benzene rings is 6. The zero-order valence-corrected chi connectivity index (χ0v) is 24.3. The van der Waals surface area contributed by atoms with Gasteiger partial charge in [0.15, 0.2) is 0 Å². The molecule has 0 unspecified atom stereocenters. The van der Waals surface area contributed by atoms with Gasteiger partial charge in [-0.2, -0.15) is 0 Å². The maximum atomic E-state index is 3.70. The third-order valence-corrected chi connectivity index (χ3v) is 7.85. The SMILES string of the molecule is CCc1ccccc1Nc1ccc(-c2ccc(Nc3ccccc3CC)cc2-c2ccccc2)c(-c2ccccc2)c1. The van der Waals surface area contributed by atoms with Crippen LogP contribution in [0, 0.1) is 0 Å². The van der Waals surface area contributed by atoms with Crippen molar-refractivity contribution in [3.63, 3.8) is 0 Å². The van der Waals surface area contributed by atoms with E-state index in [4.69, 9.17) is 0 Å². The maximum absolute atomic E-state index is 3.70. The standard InChI is InChI=1S/C40H36N2/c1-3-29-15-11-13-21-39(29)41-33-23-25-35(37(27-33)31-17-7-5-8-18-31)36-26-24-34(28-38(36)32-19-9-6-10-20-32)42-40-22-14-12-16-30(40)4-2/h5-28,41-42H,3-4H2,1-2H3. The summed E-state index contributed by atoms with van der Waals surface area (Å²) in [6.07, 6.45) is 1.96. The molecule has 0 atom stereocenters. The Balaban J connectivity index is 1.48. The normalized spacial score (nSPS) is 10.8. The molecule has 6 aromatic carbocycles. The fraction of sp³-hybridized carbons (Fsp3) is 0.100. The summed E-state index contributed by atoms with van der Waals surface area (Å²) < 4.78 is 0. The minimum Gasteiger partial charge on any atom is -0.355 e. The van der Waals surface area contributed by atoms with Crippen LogP contribution >= 0.6 is 0 Å². The van der Waals surface area contributed by atoms with Crippen molar-refractivity contribution in [2.24, 2.45) is 0 Å². The molecule has 2 heteroatoms. The summed E-state index contributed by atoms with van der Waals surface area (Å²) in [4.78, 5) is 0. The molecule has 0 aliphatic heterocycles.